The van der Waals surface area contributed by atoms with Gasteiger partial charge in [-0.15, -0.1) is 10.2 Å². The molecule has 0 aliphatic carbocycles. The van der Waals surface area contributed by atoms with Gasteiger partial charge in [0.2, 0.25) is 5.78 Å². The van der Waals surface area contributed by atoms with Crippen molar-refractivity contribution in [1.29, 1.82) is 0 Å². The summed E-state index contributed by atoms with van der Waals surface area (Å²) in [5, 5.41) is 7.34. The Morgan fingerprint density at radius 3 is 3.27 bits per heavy atom. The summed E-state index contributed by atoms with van der Waals surface area (Å²) in [6.07, 6.45) is 1.56. The third-order valence-corrected chi connectivity index (χ3v) is 1.50. The molecule has 0 fully saturated rings. The van der Waals surface area contributed by atoms with E-state index in [1.54, 1.807) is 10.7 Å². The molecule has 0 bridgehead atoms. The highest BCUT2D eigenvalue weighted by Crippen LogP contribution is 1.94. The Hall–Kier alpha value is -1.65. The summed E-state index contributed by atoms with van der Waals surface area (Å²) in [6, 6.07) is 1.50. The van der Waals surface area contributed by atoms with Gasteiger partial charge in [-0.3, -0.25) is 14.2 Å². The molecule has 56 valence electrons. The minimum absolute atomic E-state index is 0.150. The van der Waals surface area contributed by atoms with E-state index in [9.17, 15) is 4.79 Å². The average Bonchev–Trinajstić information content (AvgIpc) is 2.34. The second kappa shape index (κ2) is 1.91. The summed E-state index contributed by atoms with van der Waals surface area (Å²) < 4.78 is 1.71. The number of hydrogen-bond donors (Lipinski definition) is 1. The van der Waals surface area contributed by atoms with E-state index < -0.39 is 0 Å². The molecule has 0 saturated carbocycles. The van der Waals surface area contributed by atoms with Crippen molar-refractivity contribution in [2.45, 2.75) is 6.92 Å². The lowest BCUT2D eigenvalue weighted by Crippen LogP contribution is -2.08. The molecule has 0 aliphatic heterocycles. The van der Waals surface area contributed by atoms with Crippen molar-refractivity contribution in [2.75, 3.05) is 0 Å². The molecule has 5 heteroatoms. The van der Waals surface area contributed by atoms with E-state index in [4.69, 9.17) is 0 Å². The van der Waals surface area contributed by atoms with Crippen molar-refractivity contribution in [3.05, 3.63) is 28.4 Å². The molecule has 0 amide bonds. The van der Waals surface area contributed by atoms with E-state index >= 15 is 0 Å². The fraction of sp³-hybridized carbons (Fsp3) is 0.167. The SMILES string of the molecule is Cc1cc(=O)[nH]c2nncn12. The number of nitrogens with one attached hydrogen (secondary N) is 1. The molecule has 1 N–H and O–H groups in total. The van der Waals surface area contributed by atoms with E-state index in [2.05, 4.69) is 15.2 Å². The summed E-state index contributed by atoms with van der Waals surface area (Å²) in [4.78, 5) is 13.4. The van der Waals surface area contributed by atoms with Crippen LogP contribution in [0.5, 0.6) is 0 Å². The number of aryl methyl sites for hydroxylation is 1. The second-order valence-corrected chi connectivity index (χ2v) is 2.30. The molecule has 11 heavy (non-hydrogen) atoms. The van der Waals surface area contributed by atoms with Gasteiger partial charge in [0.15, 0.2) is 0 Å². The predicted molar refractivity (Wildman–Crippen MR) is 38.3 cm³/mol. The number of rotatable bonds is 0. The highest BCUT2D eigenvalue weighted by Gasteiger charge is 1.97. The zero-order valence-electron chi connectivity index (χ0n) is 5.90. The maximum Gasteiger partial charge on any atom is 0.252 e. The zero-order valence-corrected chi connectivity index (χ0v) is 5.90. The highest BCUT2D eigenvalue weighted by atomic mass is 16.1. The standard InChI is InChI=1S/C6H6N4O/c1-4-2-5(11)8-6-9-7-3-10(4)6/h2-3H,1H3,(H,8,9,11). The van der Waals surface area contributed by atoms with Gasteiger partial charge < -0.3 is 0 Å². The van der Waals surface area contributed by atoms with Gasteiger partial charge in [-0.05, 0) is 6.92 Å². The predicted octanol–water partition coefficient (Wildman–Crippen LogP) is -0.274. The summed E-state index contributed by atoms with van der Waals surface area (Å²) >= 11 is 0. The van der Waals surface area contributed by atoms with Gasteiger partial charge >= 0.3 is 0 Å². The number of H-pyrrole nitrogens is 1. The fourth-order valence-electron chi connectivity index (χ4n) is 0.984. The molecule has 2 aromatic heterocycles. The Morgan fingerprint density at radius 2 is 2.45 bits per heavy atom. The minimum atomic E-state index is -0.150. The fourth-order valence-corrected chi connectivity index (χ4v) is 0.984. The molecule has 0 spiro atoms. The molecular formula is C6H6N4O. The van der Waals surface area contributed by atoms with E-state index in [-0.39, 0.29) is 5.56 Å². The molecule has 2 heterocycles. The topological polar surface area (TPSA) is 63.0 Å². The van der Waals surface area contributed by atoms with Crippen LogP contribution in [-0.2, 0) is 0 Å². The molecule has 2 rings (SSSR count). The Balaban J connectivity index is 3.02. The van der Waals surface area contributed by atoms with Crippen LogP contribution in [0.25, 0.3) is 5.78 Å². The molecule has 0 aliphatic rings. The molecule has 2 aromatic rings. The van der Waals surface area contributed by atoms with Crippen molar-refractivity contribution in [1.82, 2.24) is 19.6 Å². The Kier molecular flexibility index (Phi) is 1.06. The van der Waals surface area contributed by atoms with Crippen LogP contribution < -0.4 is 5.56 Å². The number of aromatic amines is 1. The van der Waals surface area contributed by atoms with Gasteiger partial charge in [0.05, 0.1) is 0 Å². The highest BCUT2D eigenvalue weighted by molar-refractivity contribution is 5.26. The summed E-state index contributed by atoms with van der Waals surface area (Å²) in [7, 11) is 0. The van der Waals surface area contributed by atoms with Crippen LogP contribution in [0, 0.1) is 6.92 Å². The summed E-state index contributed by atoms with van der Waals surface area (Å²) in [6.45, 7) is 1.82. The maximum absolute atomic E-state index is 10.9. The van der Waals surface area contributed by atoms with Crippen LogP contribution in [0.3, 0.4) is 0 Å². The van der Waals surface area contributed by atoms with Crippen molar-refractivity contribution in [3.63, 3.8) is 0 Å². The zero-order chi connectivity index (χ0) is 7.84. The quantitative estimate of drug-likeness (QED) is 0.562. The Morgan fingerprint density at radius 1 is 1.64 bits per heavy atom. The number of aromatic nitrogens is 4. The third kappa shape index (κ3) is 0.813. The first-order valence-electron chi connectivity index (χ1n) is 3.17. The van der Waals surface area contributed by atoms with Crippen LogP contribution >= 0.6 is 0 Å². The van der Waals surface area contributed by atoms with Gasteiger partial charge in [-0.2, -0.15) is 0 Å². The second-order valence-electron chi connectivity index (χ2n) is 2.30. The first-order valence-corrected chi connectivity index (χ1v) is 3.17. The van der Waals surface area contributed by atoms with Crippen LogP contribution in [-0.4, -0.2) is 19.6 Å². The smallest absolute Gasteiger partial charge is 0.252 e. The molecule has 5 nitrogen and oxygen atoms in total. The van der Waals surface area contributed by atoms with Crippen LogP contribution in [0.1, 0.15) is 5.69 Å². The van der Waals surface area contributed by atoms with E-state index in [0.29, 0.717) is 5.78 Å². The van der Waals surface area contributed by atoms with Gasteiger partial charge in [-0.1, -0.05) is 0 Å². The monoisotopic (exact) mass is 150 g/mol. The average molecular weight is 150 g/mol. The lowest BCUT2D eigenvalue weighted by Gasteiger charge is -1.94. The van der Waals surface area contributed by atoms with Crippen molar-refractivity contribution < 1.29 is 0 Å². The maximum atomic E-state index is 10.9. The Labute approximate surface area is 61.7 Å². The number of hydrogen-bond acceptors (Lipinski definition) is 3. The lowest BCUT2D eigenvalue weighted by molar-refractivity contribution is 1.02. The van der Waals surface area contributed by atoms with Crippen molar-refractivity contribution >= 4 is 5.78 Å². The molecular weight excluding hydrogens is 144 g/mol. The van der Waals surface area contributed by atoms with Crippen LogP contribution in [0.4, 0.5) is 0 Å². The van der Waals surface area contributed by atoms with E-state index in [1.807, 2.05) is 6.92 Å². The first-order chi connectivity index (χ1) is 5.27. The van der Waals surface area contributed by atoms with Crippen LogP contribution in [0.15, 0.2) is 17.2 Å². The largest absolute Gasteiger partial charge is 0.291 e. The molecule has 0 aromatic carbocycles. The minimum Gasteiger partial charge on any atom is -0.291 e. The molecule has 0 unspecified atom stereocenters. The number of fused-ring (bicyclic) bond motifs is 1. The van der Waals surface area contributed by atoms with Gasteiger partial charge in [-0.25, -0.2) is 0 Å². The molecule has 0 atom stereocenters. The summed E-state index contributed by atoms with van der Waals surface area (Å²) in [5.41, 5.74) is 0.678. The van der Waals surface area contributed by atoms with Crippen LogP contribution in [0.2, 0.25) is 0 Å². The van der Waals surface area contributed by atoms with Gasteiger partial charge in [0.25, 0.3) is 5.56 Å². The van der Waals surface area contributed by atoms with Crippen molar-refractivity contribution in [2.24, 2.45) is 0 Å². The van der Waals surface area contributed by atoms with E-state index in [1.165, 1.54) is 6.07 Å². The molecule has 0 saturated heterocycles. The normalized spacial score (nSPS) is 10.6. The molecule has 0 radical (unpaired) electrons. The number of nitrogens with zero attached hydrogens (tertiary/aromatic N) is 3. The first kappa shape index (κ1) is 6.09. The Bertz CT molecular complexity index is 441. The lowest BCUT2D eigenvalue weighted by atomic mass is 10.4. The third-order valence-electron chi connectivity index (χ3n) is 1.50. The summed E-state index contributed by atoms with van der Waals surface area (Å²) in [5.74, 6) is 0.481. The van der Waals surface area contributed by atoms with Gasteiger partial charge in [0, 0.05) is 11.8 Å². The van der Waals surface area contributed by atoms with E-state index in [0.717, 1.165) is 5.69 Å². The van der Waals surface area contributed by atoms with Gasteiger partial charge in [0.1, 0.15) is 6.33 Å². The van der Waals surface area contributed by atoms with Crippen molar-refractivity contribution in [3.8, 4) is 0 Å².